The second-order valence-corrected chi connectivity index (χ2v) is 6.36. The second-order valence-electron chi connectivity index (χ2n) is 6.36. The zero-order chi connectivity index (χ0) is 17.8. The molecule has 25 heavy (non-hydrogen) atoms. The predicted molar refractivity (Wildman–Crippen MR) is 93.0 cm³/mol. The lowest BCUT2D eigenvalue weighted by atomic mass is 9.97. The lowest BCUT2D eigenvalue weighted by Crippen LogP contribution is -2.41. The van der Waals surface area contributed by atoms with Gasteiger partial charge in [-0.2, -0.15) is 0 Å². The molecule has 7 nitrogen and oxygen atoms in total. The minimum atomic E-state index is -0.263. The zero-order valence-electron chi connectivity index (χ0n) is 14.2. The summed E-state index contributed by atoms with van der Waals surface area (Å²) < 4.78 is 4.90. The summed E-state index contributed by atoms with van der Waals surface area (Å²) in [5.74, 6) is 0.0253. The van der Waals surface area contributed by atoms with Crippen LogP contribution in [0.15, 0.2) is 34.9 Å². The minimum Gasteiger partial charge on any atom is -0.371 e. The van der Waals surface area contributed by atoms with Gasteiger partial charge < -0.3 is 20.5 Å². The van der Waals surface area contributed by atoms with E-state index in [-0.39, 0.29) is 23.4 Å². The molecule has 3 rings (SSSR count). The molecule has 1 aliphatic heterocycles. The van der Waals surface area contributed by atoms with Crippen molar-refractivity contribution in [1.82, 2.24) is 10.5 Å². The van der Waals surface area contributed by atoms with Crippen LogP contribution in [0.3, 0.4) is 0 Å². The van der Waals surface area contributed by atoms with Crippen LogP contribution in [-0.4, -0.2) is 30.1 Å². The number of carbonyl (C=O) groups is 2. The summed E-state index contributed by atoms with van der Waals surface area (Å²) in [5, 5.41) is 6.51. The van der Waals surface area contributed by atoms with Gasteiger partial charge in [-0.15, -0.1) is 0 Å². The van der Waals surface area contributed by atoms with E-state index in [0.717, 1.165) is 30.6 Å². The maximum Gasteiger partial charge on any atom is 0.273 e. The van der Waals surface area contributed by atoms with E-state index in [1.54, 1.807) is 13.0 Å². The first-order valence-electron chi connectivity index (χ1n) is 8.37. The van der Waals surface area contributed by atoms with E-state index in [4.69, 9.17) is 10.3 Å². The van der Waals surface area contributed by atoms with Crippen LogP contribution in [0.5, 0.6) is 0 Å². The third-order valence-electron chi connectivity index (χ3n) is 4.44. The summed E-state index contributed by atoms with van der Waals surface area (Å²) in [6, 6.07) is 9.55. The lowest BCUT2D eigenvalue weighted by molar-refractivity contribution is -0.122. The van der Waals surface area contributed by atoms with Gasteiger partial charge >= 0.3 is 0 Å². The number of carbonyl (C=O) groups excluding carboxylic acids is 2. The molecule has 1 saturated heterocycles. The predicted octanol–water partition coefficient (Wildman–Crippen LogP) is 1.61. The van der Waals surface area contributed by atoms with E-state index in [9.17, 15) is 9.59 Å². The average Bonchev–Trinajstić information content (AvgIpc) is 3.07. The molecule has 7 heteroatoms. The number of nitrogens with zero attached hydrogens (tertiary/aromatic N) is 2. The number of hydrogen-bond acceptors (Lipinski definition) is 5. The Kier molecular flexibility index (Phi) is 5.02. The van der Waals surface area contributed by atoms with E-state index in [1.165, 1.54) is 0 Å². The summed E-state index contributed by atoms with van der Waals surface area (Å²) >= 11 is 0. The first-order valence-corrected chi connectivity index (χ1v) is 8.37. The molecule has 2 heterocycles. The topological polar surface area (TPSA) is 101 Å². The molecule has 0 aliphatic carbocycles. The van der Waals surface area contributed by atoms with Crippen LogP contribution in [0.25, 0.3) is 0 Å². The fourth-order valence-corrected chi connectivity index (χ4v) is 3.01. The second kappa shape index (κ2) is 7.38. The Balaban J connectivity index is 1.57. The number of primary amides is 1. The van der Waals surface area contributed by atoms with Crippen LogP contribution >= 0.6 is 0 Å². The van der Waals surface area contributed by atoms with Crippen LogP contribution in [0.1, 0.15) is 34.7 Å². The number of aromatic nitrogens is 1. The monoisotopic (exact) mass is 342 g/mol. The zero-order valence-corrected chi connectivity index (χ0v) is 14.2. The molecule has 1 aliphatic rings. The number of rotatable bonds is 5. The normalized spacial score (nSPS) is 17.3. The van der Waals surface area contributed by atoms with Crippen molar-refractivity contribution in [1.29, 1.82) is 0 Å². The molecular formula is C18H22N4O3. The molecule has 1 aromatic carbocycles. The number of piperidine rings is 1. The number of benzene rings is 1. The number of nitrogens with one attached hydrogen (secondary N) is 1. The molecule has 2 aromatic rings. The van der Waals surface area contributed by atoms with Crippen molar-refractivity contribution < 1.29 is 14.1 Å². The Morgan fingerprint density at radius 3 is 2.76 bits per heavy atom. The molecule has 1 fully saturated rings. The van der Waals surface area contributed by atoms with Gasteiger partial charge in [-0.25, -0.2) is 0 Å². The highest BCUT2D eigenvalue weighted by Gasteiger charge is 2.24. The Morgan fingerprint density at radius 2 is 2.12 bits per heavy atom. The number of anilines is 1. The van der Waals surface area contributed by atoms with Gasteiger partial charge in [0.25, 0.3) is 5.91 Å². The average molecular weight is 342 g/mol. The van der Waals surface area contributed by atoms with Gasteiger partial charge in [-0.05, 0) is 37.5 Å². The van der Waals surface area contributed by atoms with Crippen molar-refractivity contribution in [3.63, 3.8) is 0 Å². The van der Waals surface area contributed by atoms with Gasteiger partial charge in [0.1, 0.15) is 5.76 Å². The smallest absolute Gasteiger partial charge is 0.273 e. The van der Waals surface area contributed by atoms with Crippen molar-refractivity contribution >= 4 is 17.5 Å². The third kappa shape index (κ3) is 4.17. The maximum absolute atomic E-state index is 12.0. The minimum absolute atomic E-state index is 0.0846. The van der Waals surface area contributed by atoms with E-state index in [1.807, 2.05) is 24.3 Å². The van der Waals surface area contributed by atoms with Crippen molar-refractivity contribution in [2.75, 3.05) is 18.0 Å². The molecular weight excluding hydrogens is 320 g/mol. The highest BCUT2D eigenvalue weighted by Crippen LogP contribution is 2.23. The molecule has 1 atom stereocenters. The van der Waals surface area contributed by atoms with Gasteiger partial charge in [0.15, 0.2) is 5.69 Å². The summed E-state index contributed by atoms with van der Waals surface area (Å²) in [4.78, 5) is 25.5. The quantitative estimate of drug-likeness (QED) is 0.860. The van der Waals surface area contributed by atoms with Crippen LogP contribution in [0.4, 0.5) is 5.69 Å². The summed E-state index contributed by atoms with van der Waals surface area (Å²) in [6.45, 7) is 3.74. The van der Waals surface area contributed by atoms with Crippen molar-refractivity contribution in [2.45, 2.75) is 26.3 Å². The van der Waals surface area contributed by atoms with Gasteiger partial charge in [-0.3, -0.25) is 9.59 Å². The molecule has 3 N–H and O–H groups in total. The Labute approximate surface area is 146 Å². The van der Waals surface area contributed by atoms with Crippen LogP contribution in [0, 0.1) is 12.8 Å². The highest BCUT2D eigenvalue weighted by molar-refractivity contribution is 5.92. The first kappa shape index (κ1) is 17.0. The van der Waals surface area contributed by atoms with E-state index in [2.05, 4.69) is 15.4 Å². The van der Waals surface area contributed by atoms with Crippen molar-refractivity contribution in [3.8, 4) is 0 Å². The molecule has 0 bridgehead atoms. The first-order chi connectivity index (χ1) is 12.0. The molecule has 2 amide bonds. The lowest BCUT2D eigenvalue weighted by Gasteiger charge is -2.33. The molecule has 0 radical (unpaired) electrons. The van der Waals surface area contributed by atoms with Crippen molar-refractivity contribution in [3.05, 3.63) is 47.3 Å². The number of hydrogen-bond donors (Lipinski definition) is 2. The maximum atomic E-state index is 12.0. The summed E-state index contributed by atoms with van der Waals surface area (Å²) in [7, 11) is 0. The standard InChI is InChI=1S/C18H22N4O3/c1-12-9-16(21-25-12)18(24)20-10-13-4-6-15(7-5-13)22-8-2-3-14(11-22)17(19)23/h4-7,9,14H,2-3,8,10-11H2,1H3,(H2,19,23)(H,20,24)/t14-/m0/s1. The van der Waals surface area contributed by atoms with Gasteiger partial charge in [0, 0.05) is 31.4 Å². The summed E-state index contributed by atoms with van der Waals surface area (Å²) in [5.41, 5.74) is 7.76. The number of aryl methyl sites for hydroxylation is 1. The van der Waals surface area contributed by atoms with Crippen molar-refractivity contribution in [2.24, 2.45) is 11.7 Å². The van der Waals surface area contributed by atoms with E-state index < -0.39 is 0 Å². The third-order valence-corrected chi connectivity index (χ3v) is 4.44. The molecule has 0 unspecified atom stereocenters. The van der Waals surface area contributed by atoms with Crippen LogP contribution in [0.2, 0.25) is 0 Å². The number of amides is 2. The summed E-state index contributed by atoms with van der Waals surface area (Å²) in [6.07, 6.45) is 1.82. The van der Waals surface area contributed by atoms with Crippen LogP contribution < -0.4 is 16.0 Å². The van der Waals surface area contributed by atoms with E-state index >= 15 is 0 Å². The fraction of sp³-hybridized carbons (Fsp3) is 0.389. The SMILES string of the molecule is Cc1cc(C(=O)NCc2ccc(N3CCC[C@H](C(N)=O)C3)cc2)no1. The molecule has 0 saturated carbocycles. The molecule has 0 spiro atoms. The molecule has 1 aromatic heterocycles. The Bertz CT molecular complexity index is 754. The largest absolute Gasteiger partial charge is 0.371 e. The molecule has 132 valence electrons. The fourth-order valence-electron chi connectivity index (χ4n) is 3.01. The van der Waals surface area contributed by atoms with Gasteiger partial charge in [0.05, 0.1) is 5.92 Å². The number of nitrogens with two attached hydrogens (primary N) is 1. The highest BCUT2D eigenvalue weighted by atomic mass is 16.5. The van der Waals surface area contributed by atoms with Crippen LogP contribution in [-0.2, 0) is 11.3 Å². The van der Waals surface area contributed by atoms with Gasteiger partial charge in [-0.1, -0.05) is 17.3 Å². The van der Waals surface area contributed by atoms with Gasteiger partial charge in [0.2, 0.25) is 5.91 Å². The Morgan fingerprint density at radius 1 is 1.36 bits per heavy atom. The van der Waals surface area contributed by atoms with E-state index in [0.29, 0.717) is 18.8 Å². The Hall–Kier alpha value is -2.83.